The van der Waals surface area contributed by atoms with Crippen molar-refractivity contribution < 1.29 is 19.1 Å². The molecule has 160 valence electrons. The maximum Gasteiger partial charge on any atom is 0.408 e. The third kappa shape index (κ3) is 8.52. The highest BCUT2D eigenvalue weighted by Gasteiger charge is 2.21. The highest BCUT2D eigenvalue weighted by atomic mass is 16.6. The van der Waals surface area contributed by atoms with Gasteiger partial charge in [0.25, 0.3) is 0 Å². The van der Waals surface area contributed by atoms with Gasteiger partial charge in [0, 0.05) is 12.0 Å². The molecule has 0 saturated heterocycles. The van der Waals surface area contributed by atoms with Gasteiger partial charge in [-0.2, -0.15) is 0 Å². The Bertz CT molecular complexity index is 838. The molecule has 1 N–H and O–H groups in total. The molecule has 0 aliphatic carbocycles. The minimum Gasteiger partial charge on any atom is -0.463 e. The fourth-order valence-electron chi connectivity index (χ4n) is 2.96. The molecule has 0 aliphatic heterocycles. The Balaban J connectivity index is 2.31. The molecular formula is C25H31NO4. The van der Waals surface area contributed by atoms with Crippen molar-refractivity contribution in [2.75, 3.05) is 6.61 Å². The number of hydrogen-bond donors (Lipinski definition) is 1. The van der Waals surface area contributed by atoms with Crippen molar-refractivity contribution in [3.8, 4) is 0 Å². The molecule has 0 aliphatic rings. The van der Waals surface area contributed by atoms with Gasteiger partial charge >= 0.3 is 12.1 Å². The minimum atomic E-state index is -0.612. The smallest absolute Gasteiger partial charge is 0.408 e. The van der Waals surface area contributed by atoms with Gasteiger partial charge in [-0.05, 0) is 45.2 Å². The van der Waals surface area contributed by atoms with Crippen LogP contribution in [0, 0.1) is 0 Å². The molecule has 0 saturated carbocycles. The van der Waals surface area contributed by atoms with E-state index in [4.69, 9.17) is 9.47 Å². The van der Waals surface area contributed by atoms with Crippen molar-refractivity contribution >= 4 is 12.1 Å². The Labute approximate surface area is 179 Å². The van der Waals surface area contributed by atoms with Crippen LogP contribution in [0.15, 0.2) is 72.3 Å². The maximum absolute atomic E-state index is 12.6. The zero-order valence-corrected chi connectivity index (χ0v) is 18.2. The van der Waals surface area contributed by atoms with Crippen molar-refractivity contribution in [1.82, 2.24) is 5.32 Å². The van der Waals surface area contributed by atoms with Crippen molar-refractivity contribution in [3.05, 3.63) is 83.4 Å². The van der Waals surface area contributed by atoms with Gasteiger partial charge in [0.05, 0.1) is 12.6 Å². The lowest BCUT2D eigenvalue weighted by molar-refractivity contribution is -0.138. The summed E-state index contributed by atoms with van der Waals surface area (Å²) < 4.78 is 10.7. The number of carbonyl (C=O) groups excluding carboxylic acids is 2. The topological polar surface area (TPSA) is 64.6 Å². The Morgan fingerprint density at radius 2 is 1.53 bits per heavy atom. The molecule has 5 heteroatoms. The Hall–Kier alpha value is -3.08. The van der Waals surface area contributed by atoms with Gasteiger partial charge in [-0.25, -0.2) is 9.59 Å². The normalized spacial score (nSPS) is 12.7. The number of hydrogen-bond acceptors (Lipinski definition) is 4. The second-order valence-electron chi connectivity index (χ2n) is 8.02. The summed E-state index contributed by atoms with van der Waals surface area (Å²) in [5, 5.41) is 2.89. The van der Waals surface area contributed by atoms with Gasteiger partial charge in [-0.1, -0.05) is 66.7 Å². The van der Waals surface area contributed by atoms with E-state index in [0.717, 1.165) is 11.1 Å². The first-order chi connectivity index (χ1) is 14.3. The van der Waals surface area contributed by atoms with Crippen LogP contribution in [-0.2, 0) is 27.1 Å². The van der Waals surface area contributed by atoms with E-state index in [0.29, 0.717) is 18.4 Å². The quantitative estimate of drug-likeness (QED) is 0.500. The number of carbonyl (C=O) groups is 2. The highest BCUT2D eigenvalue weighted by Crippen LogP contribution is 2.14. The number of esters is 1. The molecule has 2 rings (SSSR count). The van der Waals surface area contributed by atoms with Crippen molar-refractivity contribution in [2.24, 2.45) is 0 Å². The van der Waals surface area contributed by atoms with E-state index < -0.39 is 17.7 Å². The van der Waals surface area contributed by atoms with Gasteiger partial charge in [0.15, 0.2) is 0 Å². The highest BCUT2D eigenvalue weighted by molar-refractivity contribution is 5.89. The van der Waals surface area contributed by atoms with Crippen LogP contribution in [-0.4, -0.2) is 30.3 Å². The second kappa shape index (κ2) is 11.2. The number of amides is 1. The van der Waals surface area contributed by atoms with Crippen LogP contribution in [0.5, 0.6) is 0 Å². The summed E-state index contributed by atoms with van der Waals surface area (Å²) in [6, 6.07) is 19.1. The molecule has 0 spiro atoms. The van der Waals surface area contributed by atoms with Gasteiger partial charge in [0.2, 0.25) is 0 Å². The zero-order chi connectivity index (χ0) is 22.0. The fraction of sp³-hybridized carbons (Fsp3) is 0.360. The molecule has 0 aromatic heterocycles. The van der Waals surface area contributed by atoms with Gasteiger partial charge in [-0.3, -0.25) is 0 Å². The summed E-state index contributed by atoms with van der Waals surface area (Å²) in [5.74, 6) is -0.384. The number of alkyl carbamates (subject to hydrolysis) is 1. The van der Waals surface area contributed by atoms with Crippen LogP contribution in [0.1, 0.15) is 38.8 Å². The Morgan fingerprint density at radius 1 is 0.967 bits per heavy atom. The third-order valence-corrected chi connectivity index (χ3v) is 4.18. The molecule has 1 amide bonds. The molecule has 0 radical (unpaired) electrons. The standard InChI is InChI=1S/C25H31NO4/c1-5-29-23(27)21(16-19-12-8-6-9-13-19)18-22(17-20-14-10-7-11-15-20)26-24(28)30-25(2,3)4/h6-15,18,22H,5,16-17H2,1-4H3,(H,26,28)/b21-18+/t22-/m0/s1. The van der Waals surface area contributed by atoms with E-state index in [1.165, 1.54) is 0 Å². The molecule has 1 atom stereocenters. The van der Waals surface area contributed by atoms with Crippen molar-refractivity contribution in [3.63, 3.8) is 0 Å². The van der Waals surface area contributed by atoms with E-state index in [1.54, 1.807) is 13.0 Å². The van der Waals surface area contributed by atoms with Crippen molar-refractivity contribution in [1.29, 1.82) is 0 Å². The summed E-state index contributed by atoms with van der Waals surface area (Å²) in [4.78, 5) is 25.0. The summed E-state index contributed by atoms with van der Waals surface area (Å²) >= 11 is 0. The van der Waals surface area contributed by atoms with E-state index in [1.807, 2.05) is 81.4 Å². The van der Waals surface area contributed by atoms with Crippen LogP contribution in [0.4, 0.5) is 4.79 Å². The van der Waals surface area contributed by atoms with Crippen LogP contribution >= 0.6 is 0 Å². The number of ether oxygens (including phenoxy) is 2. The summed E-state index contributed by atoms with van der Waals surface area (Å²) in [6.45, 7) is 7.50. The monoisotopic (exact) mass is 409 g/mol. The zero-order valence-electron chi connectivity index (χ0n) is 18.2. The van der Waals surface area contributed by atoms with E-state index in [-0.39, 0.29) is 12.6 Å². The molecule has 0 heterocycles. The lowest BCUT2D eigenvalue weighted by atomic mass is 9.99. The fourth-order valence-corrected chi connectivity index (χ4v) is 2.96. The van der Waals surface area contributed by atoms with Gasteiger partial charge < -0.3 is 14.8 Å². The molecule has 0 bridgehead atoms. The predicted molar refractivity (Wildman–Crippen MR) is 118 cm³/mol. The first-order valence-electron chi connectivity index (χ1n) is 10.2. The van der Waals surface area contributed by atoms with Crippen LogP contribution < -0.4 is 5.32 Å². The third-order valence-electron chi connectivity index (χ3n) is 4.18. The van der Waals surface area contributed by atoms with Gasteiger partial charge in [0.1, 0.15) is 5.60 Å². The second-order valence-corrected chi connectivity index (χ2v) is 8.02. The van der Waals surface area contributed by atoms with Crippen LogP contribution in [0.3, 0.4) is 0 Å². The van der Waals surface area contributed by atoms with Crippen molar-refractivity contribution in [2.45, 2.75) is 52.2 Å². The number of nitrogens with one attached hydrogen (secondary N) is 1. The predicted octanol–water partition coefficient (Wildman–Crippen LogP) is 4.85. The first-order valence-corrected chi connectivity index (χ1v) is 10.2. The molecule has 2 aromatic carbocycles. The molecule has 0 unspecified atom stereocenters. The largest absolute Gasteiger partial charge is 0.463 e. The Kier molecular flexibility index (Phi) is 8.66. The average Bonchev–Trinajstić information content (AvgIpc) is 2.67. The van der Waals surface area contributed by atoms with Gasteiger partial charge in [-0.15, -0.1) is 0 Å². The number of benzene rings is 2. The molecular weight excluding hydrogens is 378 g/mol. The Morgan fingerprint density at radius 3 is 2.07 bits per heavy atom. The first kappa shape index (κ1) is 23.2. The molecule has 2 aromatic rings. The van der Waals surface area contributed by atoms with E-state index >= 15 is 0 Å². The lowest BCUT2D eigenvalue weighted by Gasteiger charge is -2.23. The summed E-state index contributed by atoms with van der Waals surface area (Å²) in [5.41, 5.74) is 1.92. The summed E-state index contributed by atoms with van der Waals surface area (Å²) in [7, 11) is 0. The summed E-state index contributed by atoms with van der Waals surface area (Å²) in [6.07, 6.45) is 2.20. The lowest BCUT2D eigenvalue weighted by Crippen LogP contribution is -2.39. The molecule has 0 fully saturated rings. The van der Waals surface area contributed by atoms with E-state index in [9.17, 15) is 9.59 Å². The van der Waals surface area contributed by atoms with Crippen LogP contribution in [0.2, 0.25) is 0 Å². The maximum atomic E-state index is 12.6. The van der Waals surface area contributed by atoms with E-state index in [2.05, 4.69) is 5.32 Å². The van der Waals surface area contributed by atoms with Crippen LogP contribution in [0.25, 0.3) is 0 Å². The number of rotatable bonds is 8. The molecule has 30 heavy (non-hydrogen) atoms. The minimum absolute atomic E-state index is 0.286. The molecule has 5 nitrogen and oxygen atoms in total. The SMILES string of the molecule is CCOC(=O)/C(=C/[C@H](Cc1ccccc1)NC(=O)OC(C)(C)C)Cc1ccccc1. The average molecular weight is 410 g/mol.